The minimum Gasteiger partial charge on any atom is -0.358 e. The van der Waals surface area contributed by atoms with E-state index in [0.717, 1.165) is 17.9 Å². The Morgan fingerprint density at radius 1 is 1.23 bits per heavy atom. The van der Waals surface area contributed by atoms with Crippen LogP contribution in [0.1, 0.15) is 18.8 Å². The second-order valence-corrected chi connectivity index (χ2v) is 8.26. The minimum atomic E-state index is -0.309. The summed E-state index contributed by atoms with van der Waals surface area (Å²) in [4.78, 5) is 32.1. The smallest absolute Gasteiger partial charge is 0.281 e. The molecule has 4 heterocycles. The molecule has 11 heteroatoms. The van der Waals surface area contributed by atoms with Crippen LogP contribution in [-0.2, 0) is 0 Å². The summed E-state index contributed by atoms with van der Waals surface area (Å²) in [7, 11) is 0. The van der Waals surface area contributed by atoms with Gasteiger partial charge in [-0.2, -0.15) is 0 Å². The molecule has 3 aromatic heterocycles. The number of halogens is 1. The molecule has 1 saturated heterocycles. The molecule has 0 aliphatic carbocycles. The van der Waals surface area contributed by atoms with E-state index in [9.17, 15) is 4.79 Å². The number of rotatable bonds is 4. The number of nitrogens with one attached hydrogen (secondary N) is 2. The molecule has 154 valence electrons. The van der Waals surface area contributed by atoms with Crippen molar-refractivity contribution in [2.24, 2.45) is 0 Å². The number of thiazole rings is 1. The van der Waals surface area contributed by atoms with Gasteiger partial charge in [0.25, 0.3) is 5.56 Å². The number of fused-ring (bicyclic) bond motifs is 2. The van der Waals surface area contributed by atoms with Crippen LogP contribution in [0.4, 0.5) is 5.82 Å². The Bertz CT molecular complexity index is 1280. The van der Waals surface area contributed by atoms with E-state index >= 15 is 0 Å². The number of hydrogen-bond donors (Lipinski definition) is 2. The lowest BCUT2D eigenvalue weighted by Gasteiger charge is -2.33. The third-order valence-corrected chi connectivity index (χ3v) is 6.15. The zero-order valence-corrected chi connectivity index (χ0v) is 17.7. The Hall–Kier alpha value is -2.82. The summed E-state index contributed by atoms with van der Waals surface area (Å²) in [6.45, 7) is 4.93. The highest BCUT2D eigenvalue weighted by molar-refractivity contribution is 7.16. The average Bonchev–Trinajstić information content (AvgIpc) is 3.24. The van der Waals surface area contributed by atoms with Gasteiger partial charge in [-0.25, -0.2) is 24.6 Å². The van der Waals surface area contributed by atoms with Crippen LogP contribution in [0.5, 0.6) is 0 Å². The number of anilines is 1. The van der Waals surface area contributed by atoms with Crippen molar-refractivity contribution in [3.8, 4) is 0 Å². The van der Waals surface area contributed by atoms with Crippen molar-refractivity contribution in [3.05, 3.63) is 51.2 Å². The standard InChI is InChI=1S/C19H19ClN8OS/c1-11(25-16-15-18(23-9-22-16)30-10-24-15)17-26-13-4-2-3-12(20)14(13)19(29)28(17)27-7-5-21-6-8-27/h2-4,9-11,21H,5-8H2,1H3,(H,22,23,25). The predicted molar refractivity (Wildman–Crippen MR) is 119 cm³/mol. The second-order valence-electron chi connectivity index (χ2n) is 7.02. The Morgan fingerprint density at radius 3 is 2.90 bits per heavy atom. The third kappa shape index (κ3) is 3.26. The summed E-state index contributed by atoms with van der Waals surface area (Å²) in [5, 5.41) is 9.53. The molecule has 1 aliphatic rings. The summed E-state index contributed by atoms with van der Waals surface area (Å²) >= 11 is 7.82. The molecule has 30 heavy (non-hydrogen) atoms. The first-order valence-corrected chi connectivity index (χ1v) is 10.9. The Kier molecular flexibility index (Phi) is 4.97. The Labute approximate surface area is 180 Å². The largest absolute Gasteiger partial charge is 0.358 e. The molecule has 0 amide bonds. The molecular formula is C19H19ClN8OS. The van der Waals surface area contributed by atoms with Crippen LogP contribution in [0.15, 0.2) is 34.8 Å². The molecule has 1 aliphatic heterocycles. The Morgan fingerprint density at radius 2 is 2.07 bits per heavy atom. The first kappa shape index (κ1) is 19.2. The third-order valence-electron chi connectivity index (χ3n) is 5.10. The van der Waals surface area contributed by atoms with Gasteiger partial charge in [0.2, 0.25) is 0 Å². The van der Waals surface area contributed by atoms with Crippen molar-refractivity contribution >= 4 is 50.0 Å². The molecule has 9 nitrogen and oxygen atoms in total. The van der Waals surface area contributed by atoms with Crippen LogP contribution in [0.2, 0.25) is 5.02 Å². The molecule has 5 rings (SSSR count). The molecule has 4 aromatic rings. The van der Waals surface area contributed by atoms with E-state index < -0.39 is 0 Å². The highest BCUT2D eigenvalue weighted by atomic mass is 35.5. The van der Waals surface area contributed by atoms with Gasteiger partial charge in [-0.05, 0) is 19.1 Å². The lowest BCUT2D eigenvalue weighted by atomic mass is 10.2. The van der Waals surface area contributed by atoms with E-state index in [1.54, 1.807) is 22.3 Å². The van der Waals surface area contributed by atoms with Crippen LogP contribution in [0.25, 0.3) is 21.3 Å². The molecule has 1 fully saturated rings. The predicted octanol–water partition coefficient (Wildman–Crippen LogP) is 2.16. The fourth-order valence-electron chi connectivity index (χ4n) is 3.67. The van der Waals surface area contributed by atoms with Crippen molar-refractivity contribution in [2.45, 2.75) is 13.0 Å². The number of piperazine rings is 1. The van der Waals surface area contributed by atoms with Gasteiger partial charge in [0.1, 0.15) is 16.7 Å². The van der Waals surface area contributed by atoms with Crippen molar-refractivity contribution in [2.75, 3.05) is 36.5 Å². The van der Waals surface area contributed by atoms with Gasteiger partial charge >= 0.3 is 0 Å². The topological polar surface area (TPSA) is 101 Å². The highest BCUT2D eigenvalue weighted by Crippen LogP contribution is 2.26. The van der Waals surface area contributed by atoms with Crippen LogP contribution in [0.3, 0.4) is 0 Å². The maximum absolute atomic E-state index is 13.5. The van der Waals surface area contributed by atoms with Gasteiger partial charge in [0.05, 0.1) is 27.5 Å². The molecule has 0 bridgehead atoms. The van der Waals surface area contributed by atoms with Crippen LogP contribution >= 0.6 is 22.9 Å². The summed E-state index contributed by atoms with van der Waals surface area (Å²) in [6, 6.07) is 5.02. The van der Waals surface area contributed by atoms with E-state index in [0.29, 0.717) is 46.2 Å². The van der Waals surface area contributed by atoms with E-state index in [1.165, 1.54) is 17.7 Å². The zero-order valence-electron chi connectivity index (χ0n) is 16.2. The summed E-state index contributed by atoms with van der Waals surface area (Å²) in [5.41, 5.74) is 2.85. The van der Waals surface area contributed by atoms with Crippen molar-refractivity contribution in [1.82, 2.24) is 29.9 Å². The van der Waals surface area contributed by atoms with Crippen LogP contribution < -0.4 is 21.2 Å². The van der Waals surface area contributed by atoms with Gasteiger partial charge < -0.3 is 15.6 Å². The van der Waals surface area contributed by atoms with Gasteiger partial charge in [-0.15, -0.1) is 11.3 Å². The number of benzene rings is 1. The first-order chi connectivity index (χ1) is 14.6. The SMILES string of the molecule is CC(Nc1ncnc2scnc12)c1nc2cccc(Cl)c2c(=O)n1N1CCNCC1. The van der Waals surface area contributed by atoms with Crippen LogP contribution in [0, 0.1) is 0 Å². The van der Waals surface area contributed by atoms with Crippen molar-refractivity contribution in [3.63, 3.8) is 0 Å². The van der Waals surface area contributed by atoms with E-state index in [-0.39, 0.29) is 11.6 Å². The lowest BCUT2D eigenvalue weighted by Crippen LogP contribution is -2.54. The second kappa shape index (κ2) is 7.78. The van der Waals surface area contributed by atoms with Gasteiger partial charge in [-0.1, -0.05) is 17.7 Å². The number of hydrogen-bond acceptors (Lipinski definition) is 9. The van der Waals surface area contributed by atoms with Gasteiger partial charge in [0.15, 0.2) is 11.6 Å². The van der Waals surface area contributed by atoms with Gasteiger partial charge in [0, 0.05) is 26.2 Å². The lowest BCUT2D eigenvalue weighted by molar-refractivity contribution is 0.461. The van der Waals surface area contributed by atoms with Gasteiger partial charge in [-0.3, -0.25) is 4.79 Å². The summed E-state index contributed by atoms with van der Waals surface area (Å²) in [6.07, 6.45) is 1.51. The summed E-state index contributed by atoms with van der Waals surface area (Å²) < 4.78 is 1.66. The quantitative estimate of drug-likeness (QED) is 0.496. The molecule has 1 unspecified atom stereocenters. The molecule has 0 spiro atoms. The van der Waals surface area contributed by atoms with E-state index in [4.69, 9.17) is 16.6 Å². The van der Waals surface area contributed by atoms with Crippen LogP contribution in [-0.4, -0.2) is 50.8 Å². The molecule has 0 saturated carbocycles. The molecule has 0 radical (unpaired) electrons. The summed E-state index contributed by atoms with van der Waals surface area (Å²) in [5.74, 6) is 1.21. The fourth-order valence-corrected chi connectivity index (χ4v) is 4.55. The zero-order chi connectivity index (χ0) is 20.7. The average molecular weight is 443 g/mol. The maximum Gasteiger partial charge on any atom is 0.281 e. The molecular weight excluding hydrogens is 424 g/mol. The van der Waals surface area contributed by atoms with Crippen molar-refractivity contribution < 1.29 is 0 Å². The molecule has 1 atom stereocenters. The minimum absolute atomic E-state index is 0.169. The molecule has 1 aromatic carbocycles. The number of nitrogens with zero attached hydrogens (tertiary/aromatic N) is 6. The monoisotopic (exact) mass is 442 g/mol. The fraction of sp³-hybridized carbons (Fsp3) is 0.316. The maximum atomic E-state index is 13.5. The van der Waals surface area contributed by atoms with Crippen molar-refractivity contribution in [1.29, 1.82) is 0 Å². The molecule has 2 N–H and O–H groups in total. The normalized spacial score (nSPS) is 15.6. The first-order valence-electron chi connectivity index (χ1n) is 9.61. The van der Waals surface area contributed by atoms with E-state index in [2.05, 4.69) is 25.6 Å². The van der Waals surface area contributed by atoms with E-state index in [1.807, 2.05) is 18.0 Å². The highest BCUT2D eigenvalue weighted by Gasteiger charge is 2.24. The number of aromatic nitrogens is 5. The Balaban J connectivity index is 1.65.